The normalized spacial score (nSPS) is 18.1. The van der Waals surface area contributed by atoms with E-state index in [1.54, 1.807) is 13.0 Å². The SMILES string of the molecule is C=CC[C@@H](C[C@@H](O)CC)[C@H](C)S(N)(=O)=O. The van der Waals surface area contributed by atoms with Crippen LogP contribution in [0.1, 0.15) is 33.1 Å². The summed E-state index contributed by atoms with van der Waals surface area (Å²) in [7, 11) is -3.54. The average molecular weight is 235 g/mol. The summed E-state index contributed by atoms with van der Waals surface area (Å²) in [6.45, 7) is 7.01. The van der Waals surface area contributed by atoms with Crippen LogP contribution in [-0.2, 0) is 10.0 Å². The highest BCUT2D eigenvalue weighted by molar-refractivity contribution is 7.89. The quantitative estimate of drug-likeness (QED) is 0.646. The van der Waals surface area contributed by atoms with Gasteiger partial charge in [-0.3, -0.25) is 0 Å². The first-order chi connectivity index (χ1) is 6.82. The molecule has 0 aromatic heterocycles. The molecule has 0 amide bonds. The van der Waals surface area contributed by atoms with Crippen molar-refractivity contribution in [2.75, 3.05) is 0 Å². The van der Waals surface area contributed by atoms with Gasteiger partial charge in [-0.1, -0.05) is 13.0 Å². The highest BCUT2D eigenvalue weighted by atomic mass is 32.2. The Balaban J connectivity index is 4.58. The average Bonchev–Trinajstić information content (AvgIpc) is 2.14. The second kappa shape index (κ2) is 6.25. The molecule has 0 aliphatic heterocycles. The molecule has 0 radical (unpaired) electrons. The van der Waals surface area contributed by atoms with Gasteiger partial charge in [0.05, 0.1) is 11.4 Å². The lowest BCUT2D eigenvalue weighted by Gasteiger charge is -2.23. The van der Waals surface area contributed by atoms with Gasteiger partial charge < -0.3 is 5.11 Å². The Hall–Kier alpha value is -0.390. The van der Waals surface area contributed by atoms with Crippen molar-refractivity contribution in [3.63, 3.8) is 0 Å². The standard InChI is InChI=1S/C10H21NO3S/c1-4-6-9(7-10(12)5-2)8(3)15(11,13)14/h4,8-10,12H,1,5-7H2,2-3H3,(H2,11,13,14)/t8-,9-,10-/m0/s1. The van der Waals surface area contributed by atoms with Crippen LogP contribution in [0.2, 0.25) is 0 Å². The predicted octanol–water partition coefficient (Wildman–Crippen LogP) is 1.02. The van der Waals surface area contributed by atoms with E-state index in [0.29, 0.717) is 19.3 Å². The summed E-state index contributed by atoms with van der Waals surface area (Å²) in [5.41, 5.74) is 0. The molecule has 4 nitrogen and oxygen atoms in total. The van der Waals surface area contributed by atoms with Gasteiger partial charge in [-0.2, -0.15) is 0 Å². The van der Waals surface area contributed by atoms with Crippen LogP contribution in [0.25, 0.3) is 0 Å². The summed E-state index contributed by atoms with van der Waals surface area (Å²) in [5.74, 6) is -0.160. The largest absolute Gasteiger partial charge is 0.393 e. The third kappa shape index (κ3) is 5.30. The molecule has 0 fully saturated rings. The maximum atomic E-state index is 11.2. The van der Waals surface area contributed by atoms with E-state index >= 15 is 0 Å². The Morgan fingerprint density at radius 2 is 2.07 bits per heavy atom. The van der Waals surface area contributed by atoms with E-state index in [2.05, 4.69) is 6.58 Å². The molecule has 0 aliphatic rings. The first-order valence-electron chi connectivity index (χ1n) is 5.13. The van der Waals surface area contributed by atoms with E-state index in [9.17, 15) is 13.5 Å². The number of primary sulfonamides is 1. The topological polar surface area (TPSA) is 80.4 Å². The number of sulfonamides is 1. The molecule has 0 aromatic rings. The molecule has 3 atom stereocenters. The maximum Gasteiger partial charge on any atom is 0.211 e. The first-order valence-corrected chi connectivity index (χ1v) is 6.74. The molecule has 0 rings (SSSR count). The first kappa shape index (κ1) is 14.6. The number of aliphatic hydroxyl groups excluding tert-OH is 1. The molecule has 5 heteroatoms. The Morgan fingerprint density at radius 3 is 2.40 bits per heavy atom. The zero-order valence-corrected chi connectivity index (χ0v) is 10.2. The summed E-state index contributed by atoms with van der Waals surface area (Å²) in [6.07, 6.45) is 2.80. The molecule has 0 bridgehead atoms. The van der Waals surface area contributed by atoms with Crippen LogP contribution < -0.4 is 5.14 Å². The van der Waals surface area contributed by atoms with E-state index in [0.717, 1.165) is 0 Å². The Labute approximate surface area is 92.2 Å². The van der Waals surface area contributed by atoms with Crippen LogP contribution in [-0.4, -0.2) is 24.9 Å². The van der Waals surface area contributed by atoms with Gasteiger partial charge in [0, 0.05) is 0 Å². The smallest absolute Gasteiger partial charge is 0.211 e. The predicted molar refractivity (Wildman–Crippen MR) is 61.8 cm³/mol. The van der Waals surface area contributed by atoms with Gasteiger partial charge in [-0.15, -0.1) is 6.58 Å². The molecule has 0 saturated carbocycles. The fourth-order valence-electron chi connectivity index (χ4n) is 1.48. The lowest BCUT2D eigenvalue weighted by Crippen LogP contribution is -2.34. The lowest BCUT2D eigenvalue weighted by atomic mass is 9.94. The van der Waals surface area contributed by atoms with E-state index < -0.39 is 21.4 Å². The van der Waals surface area contributed by atoms with Gasteiger partial charge in [0.25, 0.3) is 0 Å². The third-order valence-corrected chi connectivity index (χ3v) is 4.12. The van der Waals surface area contributed by atoms with Crippen molar-refractivity contribution in [1.82, 2.24) is 0 Å². The number of aliphatic hydroxyl groups is 1. The maximum absolute atomic E-state index is 11.2. The Morgan fingerprint density at radius 1 is 1.53 bits per heavy atom. The second-order valence-corrected chi connectivity index (χ2v) is 5.80. The second-order valence-electron chi connectivity index (χ2n) is 3.88. The molecule has 90 valence electrons. The molecular formula is C10H21NO3S. The Kier molecular flexibility index (Phi) is 6.09. The van der Waals surface area contributed by atoms with Crippen molar-refractivity contribution < 1.29 is 13.5 Å². The summed E-state index contributed by atoms with van der Waals surface area (Å²) in [6, 6.07) is 0. The van der Waals surface area contributed by atoms with Crippen LogP contribution in [0.5, 0.6) is 0 Å². The number of allylic oxidation sites excluding steroid dienone is 1. The summed E-state index contributed by atoms with van der Waals surface area (Å²) >= 11 is 0. The van der Waals surface area contributed by atoms with Gasteiger partial charge in [0.2, 0.25) is 10.0 Å². The monoisotopic (exact) mass is 235 g/mol. The van der Waals surface area contributed by atoms with E-state index in [4.69, 9.17) is 5.14 Å². The number of hydrogen-bond donors (Lipinski definition) is 2. The molecule has 0 spiro atoms. The summed E-state index contributed by atoms with van der Waals surface area (Å²) in [4.78, 5) is 0. The van der Waals surface area contributed by atoms with E-state index in [1.807, 2.05) is 6.92 Å². The zero-order chi connectivity index (χ0) is 12.1. The minimum absolute atomic E-state index is 0.160. The van der Waals surface area contributed by atoms with Crippen molar-refractivity contribution in [2.45, 2.75) is 44.5 Å². The molecular weight excluding hydrogens is 214 g/mol. The third-order valence-electron chi connectivity index (χ3n) is 2.70. The number of nitrogens with two attached hydrogens (primary N) is 1. The highest BCUT2D eigenvalue weighted by Crippen LogP contribution is 2.21. The summed E-state index contributed by atoms with van der Waals surface area (Å²) in [5, 5.41) is 13.9. The van der Waals surface area contributed by atoms with Crippen molar-refractivity contribution >= 4 is 10.0 Å². The Bertz CT molecular complexity index is 287. The highest BCUT2D eigenvalue weighted by Gasteiger charge is 2.27. The fourth-order valence-corrected chi connectivity index (χ4v) is 2.24. The van der Waals surface area contributed by atoms with Crippen molar-refractivity contribution in [3.8, 4) is 0 Å². The minimum atomic E-state index is -3.54. The van der Waals surface area contributed by atoms with Crippen LogP contribution in [0.15, 0.2) is 12.7 Å². The number of rotatable bonds is 7. The fraction of sp³-hybridized carbons (Fsp3) is 0.800. The van der Waals surface area contributed by atoms with Gasteiger partial charge in [0.1, 0.15) is 0 Å². The minimum Gasteiger partial charge on any atom is -0.393 e. The molecule has 0 heterocycles. The van der Waals surface area contributed by atoms with Crippen molar-refractivity contribution in [1.29, 1.82) is 0 Å². The molecule has 0 unspecified atom stereocenters. The van der Waals surface area contributed by atoms with Crippen LogP contribution >= 0.6 is 0 Å². The van der Waals surface area contributed by atoms with Crippen molar-refractivity contribution in [3.05, 3.63) is 12.7 Å². The van der Waals surface area contributed by atoms with E-state index in [-0.39, 0.29) is 5.92 Å². The zero-order valence-electron chi connectivity index (χ0n) is 9.39. The van der Waals surface area contributed by atoms with Crippen LogP contribution in [0.3, 0.4) is 0 Å². The van der Waals surface area contributed by atoms with Gasteiger partial charge in [-0.05, 0) is 32.1 Å². The van der Waals surface area contributed by atoms with Crippen LogP contribution in [0, 0.1) is 5.92 Å². The van der Waals surface area contributed by atoms with Gasteiger partial charge in [0.15, 0.2) is 0 Å². The van der Waals surface area contributed by atoms with Crippen molar-refractivity contribution in [2.24, 2.45) is 11.1 Å². The number of hydrogen-bond acceptors (Lipinski definition) is 3. The van der Waals surface area contributed by atoms with Gasteiger partial charge in [-0.25, -0.2) is 13.6 Å². The molecule has 3 N–H and O–H groups in total. The molecule has 0 aliphatic carbocycles. The molecule has 0 aromatic carbocycles. The lowest BCUT2D eigenvalue weighted by molar-refractivity contribution is 0.138. The van der Waals surface area contributed by atoms with E-state index in [1.165, 1.54) is 0 Å². The van der Waals surface area contributed by atoms with Gasteiger partial charge >= 0.3 is 0 Å². The van der Waals surface area contributed by atoms with Crippen LogP contribution in [0.4, 0.5) is 0 Å². The summed E-state index contributed by atoms with van der Waals surface area (Å²) < 4.78 is 22.4. The molecule has 15 heavy (non-hydrogen) atoms. The molecule has 0 saturated heterocycles.